The zero-order valence-corrected chi connectivity index (χ0v) is 17.1. The van der Waals surface area contributed by atoms with Crippen molar-refractivity contribution in [2.75, 3.05) is 6.54 Å². The number of amides is 1. The van der Waals surface area contributed by atoms with Gasteiger partial charge in [0.15, 0.2) is 0 Å². The van der Waals surface area contributed by atoms with Crippen LogP contribution in [0.1, 0.15) is 38.9 Å². The highest BCUT2D eigenvalue weighted by atomic mass is 19.1. The van der Waals surface area contributed by atoms with Crippen molar-refractivity contribution in [3.05, 3.63) is 113 Å². The molecule has 1 unspecified atom stereocenters. The van der Waals surface area contributed by atoms with Crippen LogP contribution in [0.15, 0.2) is 83.4 Å². The van der Waals surface area contributed by atoms with Gasteiger partial charge in [-0.15, -0.1) is 0 Å². The summed E-state index contributed by atoms with van der Waals surface area (Å²) in [6.45, 7) is 2.31. The third kappa shape index (κ3) is 3.42. The van der Waals surface area contributed by atoms with E-state index in [1.54, 1.807) is 19.1 Å². The second kappa shape index (κ2) is 7.84. The molecule has 1 aliphatic rings. The molecule has 0 fully saturated rings. The van der Waals surface area contributed by atoms with E-state index >= 15 is 0 Å². The molecule has 31 heavy (non-hydrogen) atoms. The number of carbonyl (C=O) groups is 1. The van der Waals surface area contributed by atoms with Gasteiger partial charge in [-0.1, -0.05) is 71.9 Å². The van der Waals surface area contributed by atoms with E-state index in [0.717, 1.165) is 23.1 Å². The van der Waals surface area contributed by atoms with Crippen molar-refractivity contribution in [3.8, 4) is 11.3 Å². The molecule has 3 aromatic carbocycles. The van der Waals surface area contributed by atoms with E-state index in [9.17, 15) is 9.18 Å². The third-order valence-electron chi connectivity index (χ3n) is 5.85. The first kappa shape index (κ1) is 19.2. The predicted octanol–water partition coefficient (Wildman–Crippen LogP) is 5.58. The number of fused-ring (bicyclic) bond motifs is 1. The molecule has 0 spiro atoms. The Bertz CT molecular complexity index is 1230. The van der Waals surface area contributed by atoms with Gasteiger partial charge in [0.05, 0.1) is 6.04 Å². The van der Waals surface area contributed by atoms with Crippen molar-refractivity contribution in [2.24, 2.45) is 0 Å². The molecule has 1 amide bonds. The summed E-state index contributed by atoms with van der Waals surface area (Å²) in [7, 11) is 0. The van der Waals surface area contributed by atoms with Gasteiger partial charge in [-0.25, -0.2) is 4.39 Å². The van der Waals surface area contributed by atoms with Crippen LogP contribution in [0.25, 0.3) is 11.3 Å². The van der Waals surface area contributed by atoms with Gasteiger partial charge in [0, 0.05) is 12.1 Å². The van der Waals surface area contributed by atoms with Crippen LogP contribution in [0.2, 0.25) is 0 Å². The van der Waals surface area contributed by atoms with Crippen LogP contribution in [0, 0.1) is 12.7 Å². The van der Waals surface area contributed by atoms with E-state index in [1.807, 2.05) is 53.4 Å². The largest absolute Gasteiger partial charge is 0.360 e. The zero-order chi connectivity index (χ0) is 21.4. The van der Waals surface area contributed by atoms with E-state index in [2.05, 4.69) is 11.2 Å². The van der Waals surface area contributed by atoms with Gasteiger partial charge in [-0.2, -0.15) is 0 Å². The lowest BCUT2D eigenvalue weighted by atomic mass is 9.87. The number of rotatable bonds is 3. The maximum Gasteiger partial charge on any atom is 0.260 e. The van der Waals surface area contributed by atoms with E-state index in [4.69, 9.17) is 4.52 Å². The van der Waals surface area contributed by atoms with Gasteiger partial charge in [0.2, 0.25) is 0 Å². The molecule has 5 heteroatoms. The number of benzene rings is 3. The summed E-state index contributed by atoms with van der Waals surface area (Å²) in [5, 5.41) is 4.18. The molecule has 2 heterocycles. The highest BCUT2D eigenvalue weighted by molar-refractivity contribution is 6.01. The molecule has 0 saturated carbocycles. The summed E-state index contributed by atoms with van der Waals surface area (Å²) in [4.78, 5) is 15.7. The average Bonchev–Trinajstić information content (AvgIpc) is 3.20. The molecule has 0 radical (unpaired) electrons. The van der Waals surface area contributed by atoms with Crippen molar-refractivity contribution in [2.45, 2.75) is 19.4 Å². The van der Waals surface area contributed by atoms with E-state index < -0.39 is 0 Å². The summed E-state index contributed by atoms with van der Waals surface area (Å²) in [5.41, 5.74) is 4.98. The lowest BCUT2D eigenvalue weighted by Gasteiger charge is -2.37. The third-order valence-corrected chi connectivity index (χ3v) is 5.85. The summed E-state index contributed by atoms with van der Waals surface area (Å²) >= 11 is 0. The Labute approximate surface area is 179 Å². The molecule has 154 valence electrons. The molecule has 1 atom stereocenters. The van der Waals surface area contributed by atoms with Crippen molar-refractivity contribution >= 4 is 5.91 Å². The standard InChI is InChI=1S/C26H21FN2O2/c1-17-23(24(28-31-17)19-8-3-2-4-9-19)26(30)29-16-15-18-7-5-6-10-22(18)25(29)20-11-13-21(27)14-12-20/h2-14,25H,15-16H2,1H3. The highest BCUT2D eigenvalue weighted by Crippen LogP contribution is 2.37. The van der Waals surface area contributed by atoms with Crippen LogP contribution >= 0.6 is 0 Å². The Kier molecular flexibility index (Phi) is 4.86. The minimum atomic E-state index is -0.309. The molecule has 4 nitrogen and oxygen atoms in total. The fraction of sp³-hybridized carbons (Fsp3) is 0.154. The summed E-state index contributed by atoms with van der Waals surface area (Å²) in [6.07, 6.45) is 0.755. The Morgan fingerprint density at radius 1 is 1.00 bits per heavy atom. The maximum atomic E-state index is 13.9. The Morgan fingerprint density at radius 3 is 2.48 bits per heavy atom. The topological polar surface area (TPSA) is 46.3 Å². The first-order chi connectivity index (χ1) is 15.1. The van der Waals surface area contributed by atoms with Crippen molar-refractivity contribution < 1.29 is 13.7 Å². The zero-order valence-electron chi connectivity index (χ0n) is 17.1. The number of carbonyl (C=O) groups excluding carboxylic acids is 1. The van der Waals surface area contributed by atoms with Crippen molar-refractivity contribution in [3.63, 3.8) is 0 Å². The smallest absolute Gasteiger partial charge is 0.260 e. The van der Waals surface area contributed by atoms with Gasteiger partial charge in [0.25, 0.3) is 5.91 Å². The second-order valence-electron chi connectivity index (χ2n) is 7.73. The van der Waals surface area contributed by atoms with Crippen LogP contribution < -0.4 is 0 Å². The maximum absolute atomic E-state index is 13.9. The van der Waals surface area contributed by atoms with Gasteiger partial charge in [-0.3, -0.25) is 4.79 Å². The minimum Gasteiger partial charge on any atom is -0.360 e. The Morgan fingerprint density at radius 2 is 1.71 bits per heavy atom. The molecular formula is C26H21FN2O2. The lowest BCUT2D eigenvalue weighted by Crippen LogP contribution is -2.41. The second-order valence-corrected chi connectivity index (χ2v) is 7.73. The molecule has 5 rings (SSSR count). The van der Waals surface area contributed by atoms with E-state index in [1.165, 1.54) is 17.7 Å². The molecule has 0 N–H and O–H groups in total. The number of aromatic nitrogens is 1. The van der Waals surface area contributed by atoms with Crippen LogP contribution in [0.5, 0.6) is 0 Å². The average molecular weight is 412 g/mol. The van der Waals surface area contributed by atoms with Gasteiger partial charge >= 0.3 is 0 Å². The number of halogens is 1. The summed E-state index contributed by atoms with van der Waals surface area (Å²) in [5.74, 6) is 0.0500. The normalized spacial score (nSPS) is 15.5. The Balaban J connectivity index is 1.62. The fourth-order valence-corrected chi connectivity index (χ4v) is 4.35. The molecule has 1 aromatic heterocycles. The van der Waals surface area contributed by atoms with Crippen molar-refractivity contribution in [1.82, 2.24) is 10.1 Å². The molecule has 4 aromatic rings. The van der Waals surface area contributed by atoms with E-state index in [0.29, 0.717) is 23.6 Å². The number of hydrogen-bond donors (Lipinski definition) is 0. The fourth-order valence-electron chi connectivity index (χ4n) is 4.35. The molecule has 0 bridgehead atoms. The SMILES string of the molecule is Cc1onc(-c2ccccc2)c1C(=O)N1CCc2ccccc2C1c1ccc(F)cc1. The van der Waals surface area contributed by atoms with Crippen molar-refractivity contribution in [1.29, 1.82) is 0 Å². The van der Waals surface area contributed by atoms with Gasteiger partial charge in [0.1, 0.15) is 22.8 Å². The van der Waals surface area contributed by atoms with Crippen LogP contribution in [0.4, 0.5) is 4.39 Å². The first-order valence-electron chi connectivity index (χ1n) is 10.3. The molecule has 1 aliphatic heterocycles. The van der Waals surface area contributed by atoms with Crippen LogP contribution in [-0.4, -0.2) is 22.5 Å². The molecule has 0 aliphatic carbocycles. The van der Waals surface area contributed by atoms with Crippen LogP contribution in [-0.2, 0) is 6.42 Å². The monoisotopic (exact) mass is 412 g/mol. The molecular weight excluding hydrogens is 391 g/mol. The lowest BCUT2D eigenvalue weighted by molar-refractivity contribution is 0.0693. The number of hydrogen-bond acceptors (Lipinski definition) is 3. The number of nitrogens with zero attached hydrogens (tertiary/aromatic N) is 2. The number of aryl methyl sites for hydroxylation is 1. The summed E-state index contributed by atoms with van der Waals surface area (Å²) in [6, 6.07) is 23.8. The van der Waals surface area contributed by atoms with E-state index in [-0.39, 0.29) is 17.8 Å². The van der Waals surface area contributed by atoms with Crippen LogP contribution in [0.3, 0.4) is 0 Å². The summed E-state index contributed by atoms with van der Waals surface area (Å²) < 4.78 is 19.1. The Hall–Kier alpha value is -3.73. The first-order valence-corrected chi connectivity index (χ1v) is 10.3. The highest BCUT2D eigenvalue weighted by Gasteiger charge is 2.35. The minimum absolute atomic E-state index is 0.138. The predicted molar refractivity (Wildman–Crippen MR) is 116 cm³/mol. The van der Waals surface area contributed by atoms with Gasteiger partial charge in [-0.05, 0) is 42.2 Å². The van der Waals surface area contributed by atoms with Gasteiger partial charge < -0.3 is 9.42 Å². The molecule has 0 saturated heterocycles. The quantitative estimate of drug-likeness (QED) is 0.441.